The summed E-state index contributed by atoms with van der Waals surface area (Å²) in [6, 6.07) is -0.250. The predicted molar refractivity (Wildman–Crippen MR) is 39.4 cm³/mol. The van der Waals surface area contributed by atoms with Gasteiger partial charge in [0.15, 0.2) is 0 Å². The molecule has 1 fully saturated rings. The third-order valence-electron chi connectivity index (χ3n) is 1.78. The SMILES string of the molecule is CCNC(=O)C(N)C1CC1. The summed E-state index contributed by atoms with van der Waals surface area (Å²) in [5, 5.41) is 2.70. The number of hydrogen-bond donors (Lipinski definition) is 2. The first kappa shape index (κ1) is 7.54. The van der Waals surface area contributed by atoms with Gasteiger partial charge in [-0.2, -0.15) is 0 Å². The lowest BCUT2D eigenvalue weighted by molar-refractivity contribution is -0.122. The van der Waals surface area contributed by atoms with Gasteiger partial charge in [0.1, 0.15) is 0 Å². The van der Waals surface area contributed by atoms with Crippen LogP contribution in [0.3, 0.4) is 0 Å². The standard InChI is InChI=1S/C7H14N2O/c1-2-9-7(10)6(8)5-3-4-5/h5-6H,2-4,8H2,1H3,(H,9,10). The molecule has 0 heterocycles. The van der Waals surface area contributed by atoms with E-state index in [-0.39, 0.29) is 11.9 Å². The van der Waals surface area contributed by atoms with Crippen molar-refractivity contribution in [1.82, 2.24) is 5.32 Å². The molecule has 0 aromatic heterocycles. The monoisotopic (exact) mass is 142 g/mol. The zero-order chi connectivity index (χ0) is 7.56. The molecule has 0 aromatic rings. The number of rotatable bonds is 3. The van der Waals surface area contributed by atoms with Gasteiger partial charge in [0, 0.05) is 6.54 Å². The maximum Gasteiger partial charge on any atom is 0.237 e. The van der Waals surface area contributed by atoms with Crippen LogP contribution < -0.4 is 11.1 Å². The number of carbonyl (C=O) groups is 1. The van der Waals surface area contributed by atoms with Gasteiger partial charge in [-0.3, -0.25) is 4.79 Å². The fraction of sp³-hybridized carbons (Fsp3) is 0.857. The Balaban J connectivity index is 2.24. The van der Waals surface area contributed by atoms with E-state index in [2.05, 4.69) is 5.32 Å². The molecular weight excluding hydrogens is 128 g/mol. The van der Waals surface area contributed by atoms with Gasteiger partial charge in [0.25, 0.3) is 0 Å². The van der Waals surface area contributed by atoms with Gasteiger partial charge >= 0.3 is 0 Å². The molecule has 3 heteroatoms. The van der Waals surface area contributed by atoms with Crippen LogP contribution in [0.1, 0.15) is 19.8 Å². The summed E-state index contributed by atoms with van der Waals surface area (Å²) in [5.41, 5.74) is 5.60. The molecule has 1 rings (SSSR count). The van der Waals surface area contributed by atoms with Crippen molar-refractivity contribution in [1.29, 1.82) is 0 Å². The van der Waals surface area contributed by atoms with E-state index >= 15 is 0 Å². The molecule has 1 saturated carbocycles. The first-order valence-corrected chi connectivity index (χ1v) is 3.79. The molecule has 1 aliphatic rings. The highest BCUT2D eigenvalue weighted by molar-refractivity contribution is 5.82. The highest BCUT2D eigenvalue weighted by atomic mass is 16.2. The third-order valence-corrected chi connectivity index (χ3v) is 1.78. The van der Waals surface area contributed by atoms with E-state index < -0.39 is 0 Å². The van der Waals surface area contributed by atoms with Crippen LogP contribution in [0.5, 0.6) is 0 Å². The van der Waals surface area contributed by atoms with Crippen molar-refractivity contribution in [3.05, 3.63) is 0 Å². The molecule has 58 valence electrons. The van der Waals surface area contributed by atoms with Crippen LogP contribution in [-0.4, -0.2) is 18.5 Å². The maximum atomic E-state index is 11.0. The van der Waals surface area contributed by atoms with Crippen molar-refractivity contribution < 1.29 is 4.79 Å². The van der Waals surface area contributed by atoms with E-state index in [4.69, 9.17) is 5.73 Å². The molecule has 0 radical (unpaired) electrons. The van der Waals surface area contributed by atoms with Gasteiger partial charge < -0.3 is 11.1 Å². The number of nitrogens with two attached hydrogens (primary N) is 1. The smallest absolute Gasteiger partial charge is 0.237 e. The quantitative estimate of drug-likeness (QED) is 0.576. The van der Waals surface area contributed by atoms with Gasteiger partial charge in [0.05, 0.1) is 6.04 Å². The second-order valence-corrected chi connectivity index (χ2v) is 2.76. The minimum absolute atomic E-state index is 0.00463. The lowest BCUT2D eigenvalue weighted by Gasteiger charge is -2.08. The lowest BCUT2D eigenvalue weighted by atomic mass is 10.2. The highest BCUT2D eigenvalue weighted by Gasteiger charge is 2.32. The normalized spacial score (nSPS) is 20.2. The molecule has 3 N–H and O–H groups in total. The number of carbonyl (C=O) groups excluding carboxylic acids is 1. The molecule has 0 bridgehead atoms. The number of amides is 1. The molecule has 3 nitrogen and oxygen atoms in total. The lowest BCUT2D eigenvalue weighted by Crippen LogP contribution is -2.41. The van der Waals surface area contributed by atoms with Crippen LogP contribution in [0.2, 0.25) is 0 Å². The fourth-order valence-corrected chi connectivity index (χ4v) is 0.961. The molecular formula is C7H14N2O. The van der Waals surface area contributed by atoms with Crippen LogP contribution in [0.4, 0.5) is 0 Å². The van der Waals surface area contributed by atoms with Gasteiger partial charge in [-0.25, -0.2) is 0 Å². The number of hydrogen-bond acceptors (Lipinski definition) is 2. The minimum atomic E-state index is -0.250. The minimum Gasteiger partial charge on any atom is -0.355 e. The predicted octanol–water partition coefficient (Wildman–Crippen LogP) is -0.140. The van der Waals surface area contributed by atoms with Crippen LogP contribution in [-0.2, 0) is 4.79 Å². The van der Waals surface area contributed by atoms with Crippen molar-refractivity contribution in [2.75, 3.05) is 6.54 Å². The van der Waals surface area contributed by atoms with Crippen molar-refractivity contribution in [2.24, 2.45) is 11.7 Å². The van der Waals surface area contributed by atoms with E-state index in [9.17, 15) is 4.79 Å². The van der Waals surface area contributed by atoms with Crippen LogP contribution in [0.25, 0.3) is 0 Å². The summed E-state index contributed by atoms with van der Waals surface area (Å²) in [4.78, 5) is 11.0. The average molecular weight is 142 g/mol. The Bertz CT molecular complexity index is 132. The summed E-state index contributed by atoms with van der Waals surface area (Å²) in [5.74, 6) is 0.469. The van der Waals surface area contributed by atoms with Crippen molar-refractivity contribution >= 4 is 5.91 Å². The van der Waals surface area contributed by atoms with Crippen LogP contribution in [0, 0.1) is 5.92 Å². The summed E-state index contributed by atoms with van der Waals surface area (Å²) in [7, 11) is 0. The second kappa shape index (κ2) is 3.01. The summed E-state index contributed by atoms with van der Waals surface area (Å²) < 4.78 is 0. The summed E-state index contributed by atoms with van der Waals surface area (Å²) in [6.45, 7) is 2.58. The zero-order valence-corrected chi connectivity index (χ0v) is 6.26. The topological polar surface area (TPSA) is 55.1 Å². The van der Waals surface area contributed by atoms with E-state index in [1.807, 2.05) is 6.92 Å². The Hall–Kier alpha value is -0.570. The molecule has 0 aliphatic heterocycles. The van der Waals surface area contributed by atoms with E-state index in [1.165, 1.54) is 0 Å². The van der Waals surface area contributed by atoms with Crippen LogP contribution in [0.15, 0.2) is 0 Å². The maximum absolute atomic E-state index is 11.0. The largest absolute Gasteiger partial charge is 0.355 e. The fourth-order valence-electron chi connectivity index (χ4n) is 0.961. The Kier molecular flexibility index (Phi) is 2.27. The molecule has 0 saturated heterocycles. The van der Waals surface area contributed by atoms with Gasteiger partial charge in [-0.05, 0) is 25.7 Å². The Morgan fingerprint density at radius 2 is 2.40 bits per heavy atom. The molecule has 0 spiro atoms. The summed E-state index contributed by atoms with van der Waals surface area (Å²) in [6.07, 6.45) is 2.25. The molecule has 1 unspecified atom stereocenters. The van der Waals surface area contributed by atoms with E-state index in [0.29, 0.717) is 12.5 Å². The first-order valence-electron chi connectivity index (χ1n) is 3.79. The van der Waals surface area contributed by atoms with Crippen molar-refractivity contribution in [3.8, 4) is 0 Å². The molecule has 10 heavy (non-hydrogen) atoms. The highest BCUT2D eigenvalue weighted by Crippen LogP contribution is 2.31. The Morgan fingerprint density at radius 3 is 2.80 bits per heavy atom. The van der Waals surface area contributed by atoms with Crippen LogP contribution >= 0.6 is 0 Å². The second-order valence-electron chi connectivity index (χ2n) is 2.76. The number of likely N-dealkylation sites (N-methyl/N-ethyl adjacent to an activating group) is 1. The number of nitrogens with one attached hydrogen (secondary N) is 1. The summed E-state index contributed by atoms with van der Waals surface area (Å²) >= 11 is 0. The van der Waals surface area contributed by atoms with Crippen molar-refractivity contribution in [3.63, 3.8) is 0 Å². The van der Waals surface area contributed by atoms with Gasteiger partial charge in [-0.1, -0.05) is 0 Å². The van der Waals surface area contributed by atoms with Gasteiger partial charge in [-0.15, -0.1) is 0 Å². The van der Waals surface area contributed by atoms with E-state index in [1.54, 1.807) is 0 Å². The molecule has 0 aromatic carbocycles. The van der Waals surface area contributed by atoms with Crippen molar-refractivity contribution in [2.45, 2.75) is 25.8 Å². The Labute approximate surface area is 61.0 Å². The first-order chi connectivity index (χ1) is 4.75. The zero-order valence-electron chi connectivity index (χ0n) is 6.26. The molecule has 1 amide bonds. The third kappa shape index (κ3) is 1.70. The van der Waals surface area contributed by atoms with E-state index in [0.717, 1.165) is 12.8 Å². The Morgan fingerprint density at radius 1 is 1.80 bits per heavy atom. The van der Waals surface area contributed by atoms with Gasteiger partial charge in [0.2, 0.25) is 5.91 Å². The molecule has 1 atom stereocenters. The molecule has 1 aliphatic carbocycles. The average Bonchev–Trinajstić information content (AvgIpc) is 2.68.